The van der Waals surface area contributed by atoms with Gasteiger partial charge in [-0.2, -0.15) is 5.10 Å². The number of benzene rings is 1. The lowest BCUT2D eigenvalue weighted by atomic mass is 9.95. The summed E-state index contributed by atoms with van der Waals surface area (Å²) in [5, 5.41) is 6.59. The van der Waals surface area contributed by atoms with Crippen LogP contribution < -0.4 is 16.4 Å². The molecule has 0 saturated carbocycles. The maximum atomic E-state index is 12.2. The Morgan fingerprint density at radius 1 is 1.16 bits per heavy atom. The summed E-state index contributed by atoms with van der Waals surface area (Å²) in [6, 6.07) is 10.2. The molecule has 0 unspecified atom stereocenters. The summed E-state index contributed by atoms with van der Waals surface area (Å²) >= 11 is 0. The van der Waals surface area contributed by atoms with E-state index in [1.807, 2.05) is 0 Å². The molecule has 1 aliphatic carbocycles. The molecule has 0 bridgehead atoms. The van der Waals surface area contributed by atoms with E-state index in [-0.39, 0.29) is 17.5 Å². The van der Waals surface area contributed by atoms with Gasteiger partial charge in [-0.05, 0) is 43.0 Å². The van der Waals surface area contributed by atoms with Gasteiger partial charge < -0.3 is 9.73 Å². The van der Waals surface area contributed by atoms with E-state index in [1.165, 1.54) is 6.92 Å². The summed E-state index contributed by atoms with van der Waals surface area (Å²) in [6.07, 6.45) is 2.11. The normalized spacial score (nSPS) is 14.7. The van der Waals surface area contributed by atoms with Gasteiger partial charge in [-0.1, -0.05) is 18.2 Å². The molecule has 0 aliphatic heterocycles. The second-order valence-electron chi connectivity index (χ2n) is 5.70. The Balaban J connectivity index is 1.89. The number of nitrogens with one attached hydrogen (secondary N) is 2. The number of hydrazone groups is 1. The number of rotatable bonds is 3. The van der Waals surface area contributed by atoms with Crippen LogP contribution in [0, 0.1) is 0 Å². The average Bonchev–Trinajstić information content (AvgIpc) is 2.61. The van der Waals surface area contributed by atoms with Crippen LogP contribution in [-0.2, 0) is 11.2 Å². The fourth-order valence-electron chi connectivity index (χ4n) is 2.63. The molecule has 0 spiro atoms. The van der Waals surface area contributed by atoms with Crippen LogP contribution in [0.25, 0.3) is 0 Å². The number of amides is 2. The lowest BCUT2D eigenvalue weighted by Crippen LogP contribution is -2.24. The highest BCUT2D eigenvalue weighted by Gasteiger charge is 2.22. The Morgan fingerprint density at radius 3 is 2.64 bits per heavy atom. The lowest BCUT2D eigenvalue weighted by Gasteiger charge is -2.16. The van der Waals surface area contributed by atoms with E-state index in [0.29, 0.717) is 29.9 Å². The van der Waals surface area contributed by atoms with Crippen LogP contribution in [0.5, 0.6) is 0 Å². The number of hydrogen-bond acceptors (Lipinski definition) is 5. The minimum Gasteiger partial charge on any atom is -0.420 e. The highest BCUT2D eigenvalue weighted by Crippen LogP contribution is 2.23. The van der Waals surface area contributed by atoms with Crippen molar-refractivity contribution in [3.05, 3.63) is 63.7 Å². The fraction of sp³-hybridized carbons (Fsp3) is 0.222. The summed E-state index contributed by atoms with van der Waals surface area (Å²) in [6.45, 7) is 1.35. The highest BCUT2D eigenvalue weighted by molar-refractivity contribution is 6.05. The first-order valence-corrected chi connectivity index (χ1v) is 7.91. The molecular weight excluding hydrogens is 322 g/mol. The maximum absolute atomic E-state index is 12.2. The minimum absolute atomic E-state index is 0.0911. The molecule has 1 aromatic carbocycles. The van der Waals surface area contributed by atoms with E-state index in [9.17, 15) is 14.4 Å². The molecular formula is C18H17N3O4. The minimum atomic E-state index is -0.652. The molecule has 128 valence electrons. The molecule has 0 atom stereocenters. The standard InChI is InChI=1S/C18H17N3O4/c1-11(22)20-21-14-9-5-8-13-10-15(18(24)25-16(13)14)19-17(23)12-6-3-2-4-7-12/h2-4,6-7,10H,5,8-9H2,1H3,(H,19,23)(H,20,22)/b21-14-. The lowest BCUT2D eigenvalue weighted by molar-refractivity contribution is -0.118. The Bertz CT molecular complexity index is 900. The quantitative estimate of drug-likeness (QED) is 0.836. The molecule has 3 rings (SSSR count). The van der Waals surface area contributed by atoms with Crippen molar-refractivity contribution in [1.29, 1.82) is 0 Å². The van der Waals surface area contributed by atoms with Crippen LogP contribution in [0.1, 0.15) is 41.4 Å². The second-order valence-corrected chi connectivity index (χ2v) is 5.70. The summed E-state index contributed by atoms with van der Waals surface area (Å²) < 4.78 is 5.36. The molecule has 2 aromatic rings. The van der Waals surface area contributed by atoms with Gasteiger partial charge in [0.1, 0.15) is 11.4 Å². The molecule has 0 fully saturated rings. The first-order valence-electron chi connectivity index (χ1n) is 7.91. The summed E-state index contributed by atoms with van der Waals surface area (Å²) in [5.41, 5.74) is 3.55. The molecule has 1 aromatic heterocycles. The number of fused-ring (bicyclic) bond motifs is 1. The van der Waals surface area contributed by atoms with Gasteiger partial charge in [-0.15, -0.1) is 0 Å². The van der Waals surface area contributed by atoms with Gasteiger partial charge in [0.05, 0.1) is 0 Å². The zero-order valence-electron chi connectivity index (χ0n) is 13.7. The molecule has 0 saturated heterocycles. The van der Waals surface area contributed by atoms with Crippen molar-refractivity contribution in [2.75, 3.05) is 5.32 Å². The Hall–Kier alpha value is -3.22. The maximum Gasteiger partial charge on any atom is 0.360 e. The van der Waals surface area contributed by atoms with Gasteiger partial charge in [-0.3, -0.25) is 9.59 Å². The molecule has 2 N–H and O–H groups in total. The van der Waals surface area contributed by atoms with Gasteiger partial charge in [0.2, 0.25) is 5.91 Å². The highest BCUT2D eigenvalue weighted by atomic mass is 16.4. The number of anilines is 1. The number of carbonyl (C=O) groups is 2. The van der Waals surface area contributed by atoms with Gasteiger partial charge in [0.25, 0.3) is 5.91 Å². The van der Waals surface area contributed by atoms with Crippen LogP contribution in [0.15, 0.2) is 50.7 Å². The van der Waals surface area contributed by atoms with Crippen LogP contribution in [-0.4, -0.2) is 17.5 Å². The number of nitrogens with zero attached hydrogens (tertiary/aromatic N) is 1. The second kappa shape index (κ2) is 7.12. The summed E-state index contributed by atoms with van der Waals surface area (Å²) in [5.74, 6) is -0.313. The van der Waals surface area contributed by atoms with Crippen molar-refractivity contribution < 1.29 is 14.0 Å². The molecule has 0 radical (unpaired) electrons. The molecule has 7 nitrogen and oxygen atoms in total. The van der Waals surface area contributed by atoms with Gasteiger partial charge in [0.15, 0.2) is 5.76 Å². The molecule has 25 heavy (non-hydrogen) atoms. The predicted octanol–water partition coefficient (Wildman–Crippen LogP) is 2.07. The number of hydrogen-bond donors (Lipinski definition) is 2. The first-order chi connectivity index (χ1) is 12.0. The Morgan fingerprint density at radius 2 is 1.92 bits per heavy atom. The largest absolute Gasteiger partial charge is 0.420 e. The smallest absolute Gasteiger partial charge is 0.360 e. The van der Waals surface area contributed by atoms with Crippen molar-refractivity contribution >= 4 is 23.2 Å². The van der Waals surface area contributed by atoms with E-state index >= 15 is 0 Å². The van der Waals surface area contributed by atoms with Gasteiger partial charge in [0, 0.05) is 12.5 Å². The zero-order chi connectivity index (χ0) is 17.8. The third-order valence-electron chi connectivity index (χ3n) is 3.78. The molecule has 1 heterocycles. The van der Waals surface area contributed by atoms with E-state index in [4.69, 9.17) is 4.42 Å². The van der Waals surface area contributed by atoms with Crippen LogP contribution >= 0.6 is 0 Å². The zero-order valence-corrected chi connectivity index (χ0v) is 13.7. The Kier molecular flexibility index (Phi) is 4.74. The SMILES string of the molecule is CC(=O)N/N=C1/CCCc2cc(NC(=O)c3ccccc3)c(=O)oc21. The molecule has 7 heteroatoms. The molecule has 1 aliphatic rings. The topological polar surface area (TPSA) is 101 Å². The number of carbonyl (C=O) groups excluding carboxylic acids is 2. The van der Waals surface area contributed by atoms with Crippen molar-refractivity contribution in [3.8, 4) is 0 Å². The fourth-order valence-corrected chi connectivity index (χ4v) is 2.63. The van der Waals surface area contributed by atoms with Gasteiger partial charge >= 0.3 is 5.63 Å². The van der Waals surface area contributed by atoms with E-state index in [1.54, 1.807) is 36.4 Å². The first kappa shape index (κ1) is 16.6. The van der Waals surface area contributed by atoms with Crippen LogP contribution in [0.2, 0.25) is 0 Å². The third kappa shape index (κ3) is 3.82. The van der Waals surface area contributed by atoms with Gasteiger partial charge in [-0.25, -0.2) is 10.2 Å². The van der Waals surface area contributed by atoms with E-state index < -0.39 is 5.63 Å². The average molecular weight is 339 g/mol. The number of aryl methyl sites for hydroxylation is 1. The van der Waals surface area contributed by atoms with Crippen molar-refractivity contribution in [2.24, 2.45) is 5.10 Å². The monoisotopic (exact) mass is 339 g/mol. The van der Waals surface area contributed by atoms with E-state index in [0.717, 1.165) is 12.0 Å². The van der Waals surface area contributed by atoms with Crippen molar-refractivity contribution in [1.82, 2.24) is 5.43 Å². The van der Waals surface area contributed by atoms with Crippen molar-refractivity contribution in [2.45, 2.75) is 26.2 Å². The van der Waals surface area contributed by atoms with Crippen LogP contribution in [0.3, 0.4) is 0 Å². The van der Waals surface area contributed by atoms with E-state index in [2.05, 4.69) is 15.8 Å². The predicted molar refractivity (Wildman–Crippen MR) is 92.7 cm³/mol. The Labute approximate surface area is 143 Å². The third-order valence-corrected chi connectivity index (χ3v) is 3.78. The van der Waals surface area contributed by atoms with Crippen LogP contribution in [0.4, 0.5) is 5.69 Å². The molecule has 2 amide bonds. The van der Waals surface area contributed by atoms with Crippen molar-refractivity contribution in [3.63, 3.8) is 0 Å². The summed E-state index contributed by atoms with van der Waals surface area (Å²) in [7, 11) is 0. The summed E-state index contributed by atoms with van der Waals surface area (Å²) in [4.78, 5) is 35.4.